The van der Waals surface area contributed by atoms with E-state index in [0.717, 1.165) is 4.90 Å². The smallest absolute Gasteiger partial charge is 0.406 e. The molecule has 0 saturated heterocycles. The molecule has 7 heteroatoms. The first-order valence-electron chi connectivity index (χ1n) is 6.41. The van der Waals surface area contributed by atoms with Crippen LogP contribution >= 0.6 is 15.9 Å². The maximum atomic E-state index is 12.5. The molecule has 1 rings (SSSR count). The largest absolute Gasteiger partial charge is 0.491 e. The molecule has 1 amide bonds. The summed E-state index contributed by atoms with van der Waals surface area (Å²) in [5.41, 5.74) is 0.205. The third-order valence-electron chi connectivity index (χ3n) is 2.48. The van der Waals surface area contributed by atoms with Crippen molar-refractivity contribution in [3.63, 3.8) is 0 Å². The number of carbonyl (C=O) groups excluding carboxylic acids is 1. The second-order valence-electron chi connectivity index (χ2n) is 4.72. The number of halogens is 4. The minimum absolute atomic E-state index is 0.0113. The Kier molecular flexibility index (Phi) is 6.51. The predicted octanol–water partition coefficient (Wildman–Crippen LogP) is 3.87. The van der Waals surface area contributed by atoms with Gasteiger partial charge in [0, 0.05) is 17.4 Å². The van der Waals surface area contributed by atoms with Crippen LogP contribution in [0.25, 0.3) is 0 Å². The van der Waals surface area contributed by atoms with Crippen molar-refractivity contribution >= 4 is 21.8 Å². The molecule has 0 aliphatic heterocycles. The Labute approximate surface area is 130 Å². The van der Waals surface area contributed by atoms with E-state index in [9.17, 15) is 18.0 Å². The zero-order valence-corrected chi connectivity index (χ0v) is 13.4. The number of benzene rings is 1. The Morgan fingerprint density at radius 1 is 1.29 bits per heavy atom. The summed E-state index contributed by atoms with van der Waals surface area (Å²) in [7, 11) is 0. The summed E-state index contributed by atoms with van der Waals surface area (Å²) < 4.78 is 42.9. The zero-order valence-electron chi connectivity index (χ0n) is 11.8. The number of hydrogen-bond donors (Lipinski definition) is 0. The normalized spacial score (nSPS) is 11.6. The fourth-order valence-electron chi connectivity index (χ4n) is 1.70. The van der Waals surface area contributed by atoms with Gasteiger partial charge in [0.15, 0.2) is 0 Å². The standard InChI is InChI=1S/C14H17BrF3NO2/c1-10(2)21-12-5-3-11(4-6-12)13(20)19(8-7-15)9-14(16,17)18/h3-6,10H,7-9H2,1-2H3. The van der Waals surface area contributed by atoms with Crippen LogP contribution in [0.2, 0.25) is 0 Å². The van der Waals surface area contributed by atoms with E-state index < -0.39 is 18.6 Å². The first-order valence-corrected chi connectivity index (χ1v) is 7.54. The van der Waals surface area contributed by atoms with Gasteiger partial charge >= 0.3 is 6.18 Å². The zero-order chi connectivity index (χ0) is 16.0. The van der Waals surface area contributed by atoms with Crippen molar-refractivity contribution in [3.8, 4) is 5.75 Å². The van der Waals surface area contributed by atoms with Gasteiger partial charge in [-0.25, -0.2) is 0 Å². The molecule has 0 spiro atoms. The molecule has 0 fully saturated rings. The maximum absolute atomic E-state index is 12.5. The summed E-state index contributed by atoms with van der Waals surface area (Å²) in [6, 6.07) is 6.09. The number of amides is 1. The molecule has 0 radical (unpaired) electrons. The van der Waals surface area contributed by atoms with Gasteiger partial charge in [0.25, 0.3) is 5.91 Å². The van der Waals surface area contributed by atoms with Gasteiger partial charge in [0.1, 0.15) is 12.3 Å². The molecule has 0 unspecified atom stereocenters. The van der Waals surface area contributed by atoms with E-state index in [1.807, 2.05) is 13.8 Å². The van der Waals surface area contributed by atoms with Gasteiger partial charge in [-0.1, -0.05) is 15.9 Å². The third-order valence-corrected chi connectivity index (χ3v) is 2.84. The molecule has 0 aliphatic rings. The number of ether oxygens (including phenoxy) is 1. The van der Waals surface area contributed by atoms with E-state index in [2.05, 4.69) is 15.9 Å². The van der Waals surface area contributed by atoms with E-state index in [4.69, 9.17) is 4.74 Å². The van der Waals surface area contributed by atoms with E-state index >= 15 is 0 Å². The average Bonchev–Trinajstić information content (AvgIpc) is 2.36. The van der Waals surface area contributed by atoms with Gasteiger partial charge in [0.2, 0.25) is 0 Å². The molecular formula is C14H17BrF3NO2. The summed E-state index contributed by atoms with van der Waals surface area (Å²) in [5.74, 6) is -0.0766. The fourth-order valence-corrected chi connectivity index (χ4v) is 2.13. The number of hydrogen-bond acceptors (Lipinski definition) is 2. The Morgan fingerprint density at radius 3 is 2.29 bits per heavy atom. The highest BCUT2D eigenvalue weighted by Gasteiger charge is 2.33. The SMILES string of the molecule is CC(C)Oc1ccc(C(=O)N(CCBr)CC(F)(F)F)cc1. The second kappa shape index (κ2) is 7.68. The van der Waals surface area contributed by atoms with Crippen LogP contribution in [-0.2, 0) is 0 Å². The van der Waals surface area contributed by atoms with Gasteiger partial charge in [-0.2, -0.15) is 13.2 Å². The fraction of sp³-hybridized carbons (Fsp3) is 0.500. The van der Waals surface area contributed by atoms with Crippen molar-refractivity contribution < 1.29 is 22.7 Å². The summed E-state index contributed by atoms with van der Waals surface area (Å²) in [4.78, 5) is 12.9. The van der Waals surface area contributed by atoms with Crippen molar-refractivity contribution in [2.24, 2.45) is 0 Å². The Balaban J connectivity index is 2.83. The van der Waals surface area contributed by atoms with Crippen LogP contribution in [0.1, 0.15) is 24.2 Å². The first-order chi connectivity index (χ1) is 9.73. The van der Waals surface area contributed by atoms with Crippen LogP contribution in [0, 0.1) is 0 Å². The lowest BCUT2D eigenvalue weighted by Crippen LogP contribution is -2.40. The van der Waals surface area contributed by atoms with Gasteiger partial charge in [-0.15, -0.1) is 0 Å². The number of nitrogens with zero attached hydrogens (tertiary/aromatic N) is 1. The van der Waals surface area contributed by atoms with E-state index in [1.54, 1.807) is 12.1 Å². The van der Waals surface area contributed by atoms with Crippen molar-refractivity contribution in [3.05, 3.63) is 29.8 Å². The lowest BCUT2D eigenvalue weighted by Gasteiger charge is -2.23. The number of alkyl halides is 4. The molecule has 1 aromatic rings. The van der Waals surface area contributed by atoms with Gasteiger partial charge < -0.3 is 9.64 Å². The summed E-state index contributed by atoms with van der Waals surface area (Å²) in [6.07, 6.45) is -4.43. The topological polar surface area (TPSA) is 29.5 Å². The molecule has 118 valence electrons. The first kappa shape index (κ1) is 17.8. The van der Waals surface area contributed by atoms with Crippen LogP contribution in [0.3, 0.4) is 0 Å². The van der Waals surface area contributed by atoms with Gasteiger partial charge in [-0.3, -0.25) is 4.79 Å². The average molecular weight is 368 g/mol. The Morgan fingerprint density at radius 2 is 1.86 bits per heavy atom. The van der Waals surface area contributed by atoms with Crippen molar-refractivity contribution in [2.75, 3.05) is 18.4 Å². The summed E-state index contributed by atoms with van der Waals surface area (Å²) >= 11 is 3.06. The van der Waals surface area contributed by atoms with Crippen LogP contribution < -0.4 is 4.74 Å². The number of carbonyl (C=O) groups is 1. The highest BCUT2D eigenvalue weighted by molar-refractivity contribution is 9.09. The second-order valence-corrected chi connectivity index (χ2v) is 5.51. The van der Waals surface area contributed by atoms with Crippen LogP contribution in [-0.4, -0.2) is 41.5 Å². The van der Waals surface area contributed by atoms with Gasteiger partial charge in [0.05, 0.1) is 6.10 Å². The Hall–Kier alpha value is -1.24. The van der Waals surface area contributed by atoms with E-state index in [0.29, 0.717) is 5.75 Å². The van der Waals surface area contributed by atoms with Crippen molar-refractivity contribution in [1.82, 2.24) is 4.90 Å². The maximum Gasteiger partial charge on any atom is 0.406 e. The lowest BCUT2D eigenvalue weighted by atomic mass is 10.2. The highest BCUT2D eigenvalue weighted by atomic mass is 79.9. The molecule has 3 nitrogen and oxygen atoms in total. The molecule has 0 N–H and O–H groups in total. The molecule has 0 aliphatic carbocycles. The molecule has 0 saturated carbocycles. The van der Waals surface area contributed by atoms with Crippen LogP contribution in [0.4, 0.5) is 13.2 Å². The highest BCUT2D eigenvalue weighted by Crippen LogP contribution is 2.20. The molecule has 0 atom stereocenters. The summed E-state index contributed by atoms with van der Waals surface area (Å²) in [5, 5.41) is 0.281. The van der Waals surface area contributed by atoms with E-state index in [1.165, 1.54) is 12.1 Å². The van der Waals surface area contributed by atoms with Crippen molar-refractivity contribution in [2.45, 2.75) is 26.1 Å². The molecule has 1 aromatic carbocycles. The van der Waals surface area contributed by atoms with Crippen LogP contribution in [0.5, 0.6) is 5.75 Å². The van der Waals surface area contributed by atoms with Gasteiger partial charge in [-0.05, 0) is 38.1 Å². The minimum Gasteiger partial charge on any atom is -0.491 e. The Bertz CT molecular complexity index is 460. The quantitative estimate of drug-likeness (QED) is 0.714. The lowest BCUT2D eigenvalue weighted by molar-refractivity contribution is -0.140. The molecule has 21 heavy (non-hydrogen) atoms. The van der Waals surface area contributed by atoms with E-state index in [-0.39, 0.29) is 23.5 Å². The minimum atomic E-state index is -4.42. The predicted molar refractivity (Wildman–Crippen MR) is 78.0 cm³/mol. The van der Waals surface area contributed by atoms with Crippen molar-refractivity contribution in [1.29, 1.82) is 0 Å². The molecule has 0 aromatic heterocycles. The molecule has 0 bridgehead atoms. The monoisotopic (exact) mass is 367 g/mol. The van der Waals surface area contributed by atoms with Crippen LogP contribution in [0.15, 0.2) is 24.3 Å². The molecular weight excluding hydrogens is 351 g/mol. The third kappa shape index (κ3) is 6.37. The number of rotatable bonds is 6. The molecule has 0 heterocycles. The summed E-state index contributed by atoms with van der Waals surface area (Å²) in [6.45, 7) is 2.45.